The number of para-hydroxylation sites is 5. The third-order valence-corrected chi connectivity index (χ3v) is 14.7. The van der Waals surface area contributed by atoms with Gasteiger partial charge in [0.05, 0.1) is 0 Å². The molecule has 0 bridgehead atoms. The fourth-order valence-corrected chi connectivity index (χ4v) is 11.8. The van der Waals surface area contributed by atoms with E-state index in [9.17, 15) is 0 Å². The molecule has 0 radical (unpaired) electrons. The maximum absolute atomic E-state index is 7.46. The van der Waals surface area contributed by atoms with Gasteiger partial charge in [0, 0.05) is 57.3 Å². The molecule has 6 heteroatoms. The van der Waals surface area contributed by atoms with Crippen LogP contribution >= 0.6 is 0 Å². The summed E-state index contributed by atoms with van der Waals surface area (Å²) in [7, 11) is 0. The molecule has 0 unspecified atom stereocenters. The minimum Gasteiger partial charge on any atom is -0.458 e. The topological polar surface area (TPSA) is 19.0 Å². The number of rotatable bonds is 5. The van der Waals surface area contributed by atoms with Crippen molar-refractivity contribution < 1.29 is 4.74 Å². The Balaban J connectivity index is 1.07. The third-order valence-electron chi connectivity index (χ3n) is 14.7. The molecular weight excluding hydrogens is 824 g/mol. The highest BCUT2D eigenvalue weighted by atomic mass is 16.5. The molecule has 0 amide bonds. The monoisotopic (exact) mass is 867 g/mol. The summed E-state index contributed by atoms with van der Waals surface area (Å²) in [5, 5.41) is 0. The molecule has 68 heavy (non-hydrogen) atoms. The van der Waals surface area contributed by atoms with Gasteiger partial charge in [-0.1, -0.05) is 146 Å². The minimum atomic E-state index is -0.0785. The fraction of sp³-hybridized carbons (Fsp3) is 0.0323. The lowest BCUT2D eigenvalue weighted by atomic mass is 9.30. The van der Waals surface area contributed by atoms with Gasteiger partial charge in [-0.15, -0.1) is 0 Å². The van der Waals surface area contributed by atoms with E-state index in [-0.39, 0.29) is 13.4 Å². The molecule has 0 saturated heterocycles. The predicted octanol–water partition coefficient (Wildman–Crippen LogP) is 12.1. The Morgan fingerprint density at radius 1 is 0.309 bits per heavy atom. The zero-order valence-electron chi connectivity index (χ0n) is 37.8. The van der Waals surface area contributed by atoms with E-state index in [2.05, 4.69) is 253 Å². The molecule has 4 heterocycles. The first-order valence-electron chi connectivity index (χ1n) is 23.7. The molecule has 0 aliphatic carbocycles. The highest BCUT2D eigenvalue weighted by molar-refractivity contribution is 7.02. The molecule has 14 rings (SSSR count). The van der Waals surface area contributed by atoms with Crippen LogP contribution in [0.1, 0.15) is 11.1 Å². The quantitative estimate of drug-likeness (QED) is 0.160. The van der Waals surface area contributed by atoms with E-state index in [1.807, 2.05) is 0 Å². The molecule has 0 N–H and O–H groups in total. The van der Waals surface area contributed by atoms with Gasteiger partial charge in [0.2, 0.25) is 0 Å². The molecule has 4 aliphatic rings. The molecule has 0 aromatic heterocycles. The first-order valence-corrected chi connectivity index (χ1v) is 23.7. The van der Waals surface area contributed by atoms with E-state index >= 15 is 0 Å². The van der Waals surface area contributed by atoms with Gasteiger partial charge in [-0.3, -0.25) is 0 Å². The van der Waals surface area contributed by atoms with Crippen molar-refractivity contribution in [3.05, 3.63) is 236 Å². The Labute approximate surface area is 398 Å². The van der Waals surface area contributed by atoms with Crippen LogP contribution in [0.25, 0.3) is 22.3 Å². The van der Waals surface area contributed by atoms with Crippen LogP contribution in [0.3, 0.4) is 0 Å². The molecule has 318 valence electrons. The number of hydrogen-bond acceptors (Lipinski definition) is 4. The van der Waals surface area contributed by atoms with Gasteiger partial charge in [0.15, 0.2) is 0 Å². The summed E-state index contributed by atoms with van der Waals surface area (Å²) in [4.78, 5) is 7.44. The van der Waals surface area contributed by atoms with Crippen LogP contribution in [0.5, 0.6) is 11.5 Å². The number of hydrogen-bond donors (Lipinski definition) is 0. The highest BCUT2D eigenvalue weighted by Crippen LogP contribution is 2.49. The zero-order chi connectivity index (χ0) is 45.0. The van der Waals surface area contributed by atoms with Gasteiger partial charge >= 0.3 is 0 Å². The molecule has 0 fully saturated rings. The second-order valence-corrected chi connectivity index (χ2v) is 18.5. The van der Waals surface area contributed by atoms with Crippen LogP contribution in [0.4, 0.5) is 51.2 Å². The van der Waals surface area contributed by atoms with E-state index in [1.165, 1.54) is 83.3 Å². The molecule has 10 aromatic rings. The van der Waals surface area contributed by atoms with E-state index < -0.39 is 0 Å². The Bertz CT molecular complexity index is 3670. The number of nitrogens with zero attached hydrogens (tertiary/aromatic N) is 3. The van der Waals surface area contributed by atoms with Crippen molar-refractivity contribution in [2.45, 2.75) is 13.8 Å². The van der Waals surface area contributed by atoms with Crippen molar-refractivity contribution in [1.82, 2.24) is 0 Å². The largest absolute Gasteiger partial charge is 0.458 e. The summed E-state index contributed by atoms with van der Waals surface area (Å²) in [5.41, 5.74) is 25.0. The molecule has 0 saturated carbocycles. The maximum atomic E-state index is 7.46. The van der Waals surface area contributed by atoms with Gasteiger partial charge in [-0.05, 0) is 153 Å². The standard InChI is InChI=1S/C62H43B2N3O/c1-40-20-12-14-28-47(40)42-34-56-61-57(35-42)67(46-26-10-5-11-27-46)55-39-59-52(38-51(55)63(61)49-30-16-18-32-53(49)65(56)44-22-6-3-7-23-44)64-50-31-17-19-33-54(50)66(45-24-8-4-9-25-45)58-36-43(37-60(68-59)62(58)64)48-29-15-13-21-41(48)2/h3-39H,1-2H3. The van der Waals surface area contributed by atoms with Crippen molar-refractivity contribution in [3.8, 4) is 33.8 Å². The van der Waals surface area contributed by atoms with Gasteiger partial charge in [0.1, 0.15) is 11.5 Å². The van der Waals surface area contributed by atoms with Gasteiger partial charge in [-0.25, -0.2) is 0 Å². The Morgan fingerprint density at radius 3 is 1.24 bits per heavy atom. The molecule has 10 aromatic carbocycles. The third kappa shape index (κ3) is 5.70. The fourth-order valence-electron chi connectivity index (χ4n) is 11.8. The normalized spacial score (nSPS) is 13.4. The molecule has 0 atom stereocenters. The lowest BCUT2D eigenvalue weighted by Gasteiger charge is -2.45. The average Bonchev–Trinajstić information content (AvgIpc) is 3.38. The molecule has 0 spiro atoms. The first-order chi connectivity index (χ1) is 33.6. The molecule has 4 aliphatic heterocycles. The number of anilines is 9. The zero-order valence-corrected chi connectivity index (χ0v) is 37.8. The number of ether oxygens (including phenoxy) is 1. The van der Waals surface area contributed by atoms with Gasteiger partial charge in [0.25, 0.3) is 13.4 Å². The van der Waals surface area contributed by atoms with Crippen molar-refractivity contribution in [1.29, 1.82) is 0 Å². The smallest absolute Gasteiger partial charge is 0.256 e. The van der Waals surface area contributed by atoms with Crippen LogP contribution in [0.15, 0.2) is 224 Å². The summed E-state index contributed by atoms with van der Waals surface area (Å²) >= 11 is 0. The van der Waals surface area contributed by atoms with E-state index in [1.54, 1.807) is 0 Å². The van der Waals surface area contributed by atoms with E-state index in [4.69, 9.17) is 4.74 Å². The van der Waals surface area contributed by atoms with Crippen LogP contribution in [0, 0.1) is 13.8 Å². The van der Waals surface area contributed by atoms with Crippen LogP contribution < -0.4 is 52.2 Å². The Hall–Kier alpha value is -8.47. The van der Waals surface area contributed by atoms with Crippen molar-refractivity contribution in [2.24, 2.45) is 0 Å². The van der Waals surface area contributed by atoms with Crippen LogP contribution in [0.2, 0.25) is 0 Å². The number of benzene rings is 10. The highest BCUT2D eigenvalue weighted by Gasteiger charge is 2.47. The lowest BCUT2D eigenvalue weighted by Crippen LogP contribution is -2.64. The summed E-state index contributed by atoms with van der Waals surface area (Å²) in [6, 6.07) is 82.5. The van der Waals surface area contributed by atoms with Crippen molar-refractivity contribution in [3.63, 3.8) is 0 Å². The predicted molar refractivity (Wildman–Crippen MR) is 287 cm³/mol. The summed E-state index contributed by atoms with van der Waals surface area (Å²) in [5.74, 6) is 1.77. The molecule has 4 nitrogen and oxygen atoms in total. The molecular formula is C62H43B2N3O. The summed E-state index contributed by atoms with van der Waals surface area (Å²) < 4.78 is 7.46. The second kappa shape index (κ2) is 15.0. The van der Waals surface area contributed by atoms with Crippen LogP contribution in [-0.4, -0.2) is 13.4 Å². The van der Waals surface area contributed by atoms with E-state index in [0.29, 0.717) is 0 Å². The Kier molecular flexibility index (Phi) is 8.57. The SMILES string of the molecule is Cc1ccccc1-c1cc2c3c(c1)N(c1ccccc1)c1ccccc1B3c1cc3c(cc1O2)N(c1ccccc1)c1cc(-c2ccccc2C)cc2c1B3c1ccccc1N2c1ccccc1. The van der Waals surface area contributed by atoms with Crippen molar-refractivity contribution >= 4 is 97.4 Å². The summed E-state index contributed by atoms with van der Waals surface area (Å²) in [6.07, 6.45) is 0. The minimum absolute atomic E-state index is 0.0636. The number of fused-ring (bicyclic) bond motifs is 8. The van der Waals surface area contributed by atoms with Gasteiger partial charge in [-0.2, -0.15) is 0 Å². The summed E-state index contributed by atoms with van der Waals surface area (Å²) in [6.45, 7) is 4.28. The van der Waals surface area contributed by atoms with E-state index in [0.717, 1.165) is 45.5 Å². The first kappa shape index (κ1) is 38.8. The van der Waals surface area contributed by atoms with Gasteiger partial charge < -0.3 is 19.4 Å². The average molecular weight is 868 g/mol. The number of aryl methyl sites for hydroxylation is 2. The van der Waals surface area contributed by atoms with Crippen LogP contribution in [-0.2, 0) is 0 Å². The Morgan fingerprint density at radius 2 is 0.721 bits per heavy atom. The second-order valence-electron chi connectivity index (χ2n) is 18.5. The van der Waals surface area contributed by atoms with Crippen molar-refractivity contribution in [2.75, 3.05) is 14.7 Å². The lowest BCUT2D eigenvalue weighted by molar-refractivity contribution is 0.488. The maximum Gasteiger partial charge on any atom is 0.256 e.